The van der Waals surface area contributed by atoms with Crippen molar-refractivity contribution in [2.75, 3.05) is 19.8 Å². The van der Waals surface area contributed by atoms with Crippen molar-refractivity contribution in [2.24, 2.45) is 0 Å². The molecule has 2 N–H and O–H groups in total. The minimum Gasteiger partial charge on any atom is -0.480 e. The normalized spacial score (nSPS) is 12.3. The first kappa shape index (κ1) is 15.7. The Morgan fingerprint density at radius 1 is 1.22 bits per heavy atom. The molecule has 0 bridgehead atoms. The lowest BCUT2D eigenvalue weighted by atomic mass is 9.91. The molecule has 3 rings (SSSR count). The maximum absolute atomic E-state index is 12.2. The van der Waals surface area contributed by atoms with Crippen LogP contribution in [0.2, 0.25) is 0 Å². The average Bonchev–Trinajstić information content (AvgIpc) is 2.99. The van der Waals surface area contributed by atoms with E-state index in [2.05, 4.69) is 17.4 Å². The van der Waals surface area contributed by atoms with Crippen LogP contribution in [0.5, 0.6) is 0 Å². The van der Waals surface area contributed by atoms with Gasteiger partial charge in [-0.1, -0.05) is 24.3 Å². The number of rotatable bonds is 6. The number of hydrogen-bond acceptors (Lipinski definition) is 4. The number of ether oxygens (including phenoxy) is 1. The van der Waals surface area contributed by atoms with Gasteiger partial charge in [0.2, 0.25) is 0 Å². The van der Waals surface area contributed by atoms with Crippen LogP contribution in [0, 0.1) is 0 Å². The molecule has 1 amide bonds. The summed E-state index contributed by atoms with van der Waals surface area (Å²) >= 11 is 1.51. The first-order valence-corrected chi connectivity index (χ1v) is 8.25. The summed E-state index contributed by atoms with van der Waals surface area (Å²) in [6.45, 7) is 0.136. The third kappa shape index (κ3) is 3.60. The molecule has 120 valence electrons. The highest BCUT2D eigenvalue weighted by Gasteiger charge is 2.21. The minimum absolute atomic E-state index is 0.138. The largest absolute Gasteiger partial charge is 0.480 e. The minimum atomic E-state index is -1.01. The number of carboxylic acid groups (broad SMARTS) is 1. The van der Waals surface area contributed by atoms with Gasteiger partial charge in [0.1, 0.15) is 6.61 Å². The summed E-state index contributed by atoms with van der Waals surface area (Å²) in [5.74, 6) is -1.15. The smallest absolute Gasteiger partial charge is 0.329 e. The van der Waals surface area contributed by atoms with Crippen LogP contribution >= 0.6 is 11.3 Å². The Hall–Kier alpha value is -2.18. The van der Waals surface area contributed by atoms with Gasteiger partial charge in [0.15, 0.2) is 0 Å². The Bertz CT molecular complexity index is 738. The highest BCUT2D eigenvalue weighted by Crippen LogP contribution is 2.39. The number of thiophene rings is 1. The Labute approximate surface area is 137 Å². The lowest BCUT2D eigenvalue weighted by Gasteiger charge is -2.15. The second-order valence-electron chi connectivity index (χ2n) is 5.32. The fourth-order valence-electron chi connectivity index (χ4n) is 2.67. The van der Waals surface area contributed by atoms with Gasteiger partial charge in [-0.3, -0.25) is 4.79 Å². The number of aryl methyl sites for hydroxylation is 2. The highest BCUT2D eigenvalue weighted by molar-refractivity contribution is 7.17. The van der Waals surface area contributed by atoms with Crippen molar-refractivity contribution >= 4 is 23.2 Å². The summed E-state index contributed by atoms with van der Waals surface area (Å²) in [6.07, 6.45) is 1.96. The average molecular weight is 331 g/mol. The van der Waals surface area contributed by atoms with E-state index in [0.717, 1.165) is 12.8 Å². The molecule has 1 heterocycles. The Morgan fingerprint density at radius 3 is 2.83 bits per heavy atom. The predicted molar refractivity (Wildman–Crippen MR) is 88.0 cm³/mol. The van der Waals surface area contributed by atoms with Crippen LogP contribution < -0.4 is 5.32 Å². The summed E-state index contributed by atoms with van der Waals surface area (Å²) in [5.41, 5.74) is 3.78. The standard InChI is InChI=1S/C17H17NO4S/c19-15(20)10-22-8-7-18-17(21)14-9-12-6-5-11-3-1-2-4-13(11)16(12)23-14/h1-4,9H,5-8,10H2,(H,18,21)(H,19,20). The lowest BCUT2D eigenvalue weighted by Crippen LogP contribution is -2.27. The number of carboxylic acids is 1. The zero-order valence-electron chi connectivity index (χ0n) is 12.5. The maximum Gasteiger partial charge on any atom is 0.329 e. The number of amides is 1. The third-order valence-corrected chi connectivity index (χ3v) is 4.93. The van der Waals surface area contributed by atoms with Crippen molar-refractivity contribution < 1.29 is 19.4 Å². The summed E-state index contributed by atoms with van der Waals surface area (Å²) in [4.78, 5) is 24.4. The van der Waals surface area contributed by atoms with E-state index in [4.69, 9.17) is 9.84 Å². The summed E-state index contributed by atoms with van der Waals surface area (Å²) in [5, 5.41) is 11.2. The Balaban J connectivity index is 1.63. The van der Waals surface area contributed by atoms with Gasteiger partial charge in [0.25, 0.3) is 5.91 Å². The molecular formula is C17H17NO4S. The molecule has 1 aliphatic carbocycles. The molecule has 6 heteroatoms. The zero-order chi connectivity index (χ0) is 16.2. The number of nitrogens with one attached hydrogen (secondary N) is 1. The fraction of sp³-hybridized carbons (Fsp3) is 0.294. The highest BCUT2D eigenvalue weighted by atomic mass is 32.1. The number of benzene rings is 1. The third-order valence-electron chi connectivity index (χ3n) is 3.72. The zero-order valence-corrected chi connectivity index (χ0v) is 13.3. The molecule has 0 aliphatic heterocycles. The number of aliphatic carboxylic acids is 1. The van der Waals surface area contributed by atoms with Crippen LogP contribution in [0.4, 0.5) is 0 Å². The van der Waals surface area contributed by atoms with Gasteiger partial charge in [-0.05, 0) is 35.6 Å². The Morgan fingerprint density at radius 2 is 2.00 bits per heavy atom. The topological polar surface area (TPSA) is 75.6 Å². The quantitative estimate of drug-likeness (QED) is 0.797. The van der Waals surface area contributed by atoms with Crippen molar-refractivity contribution in [1.29, 1.82) is 0 Å². The van der Waals surface area contributed by atoms with Gasteiger partial charge in [0, 0.05) is 11.4 Å². The van der Waals surface area contributed by atoms with Gasteiger partial charge in [-0.25, -0.2) is 4.79 Å². The monoisotopic (exact) mass is 331 g/mol. The molecule has 1 aromatic carbocycles. The summed E-state index contributed by atoms with van der Waals surface area (Å²) < 4.78 is 4.90. The van der Waals surface area contributed by atoms with E-state index in [1.807, 2.05) is 18.2 Å². The van der Waals surface area contributed by atoms with E-state index in [0.29, 0.717) is 11.4 Å². The molecule has 23 heavy (non-hydrogen) atoms. The van der Waals surface area contributed by atoms with E-state index in [1.165, 1.54) is 32.9 Å². The van der Waals surface area contributed by atoms with E-state index in [-0.39, 0.29) is 19.1 Å². The second-order valence-corrected chi connectivity index (χ2v) is 6.38. The van der Waals surface area contributed by atoms with Crippen LogP contribution in [0.25, 0.3) is 10.4 Å². The second kappa shape index (κ2) is 6.93. The maximum atomic E-state index is 12.2. The van der Waals surface area contributed by atoms with E-state index >= 15 is 0 Å². The summed E-state index contributed by atoms with van der Waals surface area (Å²) in [6, 6.07) is 10.3. The molecule has 0 spiro atoms. The first-order valence-electron chi connectivity index (χ1n) is 7.44. The van der Waals surface area contributed by atoms with Crippen molar-refractivity contribution in [2.45, 2.75) is 12.8 Å². The van der Waals surface area contributed by atoms with Crippen LogP contribution in [0.3, 0.4) is 0 Å². The summed E-state index contributed by atoms with van der Waals surface area (Å²) in [7, 11) is 0. The van der Waals surface area contributed by atoms with E-state index in [1.54, 1.807) is 0 Å². The van der Waals surface area contributed by atoms with Crippen molar-refractivity contribution in [3.05, 3.63) is 46.3 Å². The molecule has 0 unspecified atom stereocenters. The Kier molecular flexibility index (Phi) is 4.73. The number of hydrogen-bond donors (Lipinski definition) is 2. The van der Waals surface area contributed by atoms with Gasteiger partial charge >= 0.3 is 5.97 Å². The molecule has 2 aromatic rings. The van der Waals surface area contributed by atoms with Gasteiger partial charge in [0.05, 0.1) is 11.5 Å². The number of fused-ring (bicyclic) bond motifs is 3. The SMILES string of the molecule is O=C(O)COCCNC(=O)c1cc2c(s1)-c1ccccc1CC2. The molecule has 0 atom stereocenters. The molecule has 5 nitrogen and oxygen atoms in total. The van der Waals surface area contributed by atoms with Crippen LogP contribution in [-0.4, -0.2) is 36.7 Å². The van der Waals surface area contributed by atoms with Crippen molar-refractivity contribution in [1.82, 2.24) is 5.32 Å². The van der Waals surface area contributed by atoms with E-state index < -0.39 is 5.97 Å². The molecule has 0 radical (unpaired) electrons. The van der Waals surface area contributed by atoms with Gasteiger partial charge in [-0.15, -0.1) is 11.3 Å². The van der Waals surface area contributed by atoms with Gasteiger partial charge in [-0.2, -0.15) is 0 Å². The van der Waals surface area contributed by atoms with E-state index in [9.17, 15) is 9.59 Å². The van der Waals surface area contributed by atoms with Crippen LogP contribution in [0.15, 0.2) is 30.3 Å². The number of carbonyl (C=O) groups excluding carboxylic acids is 1. The molecule has 0 saturated carbocycles. The van der Waals surface area contributed by atoms with Gasteiger partial charge < -0.3 is 15.2 Å². The van der Waals surface area contributed by atoms with Crippen LogP contribution in [0.1, 0.15) is 20.8 Å². The number of carbonyl (C=O) groups is 2. The first-order chi connectivity index (χ1) is 11.1. The molecular weight excluding hydrogens is 314 g/mol. The molecule has 0 fully saturated rings. The van der Waals surface area contributed by atoms with Crippen molar-refractivity contribution in [3.63, 3.8) is 0 Å². The fourth-order valence-corrected chi connectivity index (χ4v) is 3.85. The molecule has 1 aliphatic rings. The lowest BCUT2D eigenvalue weighted by molar-refractivity contribution is -0.142. The van der Waals surface area contributed by atoms with Crippen molar-refractivity contribution in [3.8, 4) is 10.4 Å². The molecule has 0 saturated heterocycles. The predicted octanol–water partition coefficient (Wildman–Crippen LogP) is 2.34. The molecule has 1 aromatic heterocycles. The van der Waals surface area contributed by atoms with Crippen LogP contribution in [-0.2, 0) is 22.4 Å².